The number of hydrogen-bond acceptors (Lipinski definition) is 7. The Kier molecular flexibility index (Phi) is 15.1. The molecule has 0 aliphatic heterocycles. The molecule has 0 aliphatic rings. The monoisotopic (exact) mass is 519 g/mol. The van der Waals surface area contributed by atoms with E-state index in [1.165, 1.54) is 12.1 Å². The second-order valence-electron chi connectivity index (χ2n) is 9.56. The van der Waals surface area contributed by atoms with Crippen LogP contribution in [0.4, 0.5) is 0 Å². The lowest BCUT2D eigenvalue weighted by molar-refractivity contribution is -0.136. The molecular formula is C27H45N5O5. The van der Waals surface area contributed by atoms with E-state index in [2.05, 4.69) is 16.0 Å². The molecule has 0 aliphatic carbocycles. The van der Waals surface area contributed by atoms with E-state index in [1.54, 1.807) is 12.1 Å². The van der Waals surface area contributed by atoms with Gasteiger partial charge in [-0.2, -0.15) is 0 Å². The summed E-state index contributed by atoms with van der Waals surface area (Å²) in [4.78, 5) is 51.3. The van der Waals surface area contributed by atoms with Gasteiger partial charge in [0.1, 0.15) is 17.8 Å². The molecule has 0 saturated heterocycles. The lowest BCUT2D eigenvalue weighted by Crippen LogP contribution is -2.58. The van der Waals surface area contributed by atoms with Crippen molar-refractivity contribution in [2.45, 2.75) is 96.7 Å². The van der Waals surface area contributed by atoms with E-state index in [4.69, 9.17) is 11.5 Å². The molecule has 1 aromatic rings. The first-order valence-electron chi connectivity index (χ1n) is 13.3. The summed E-state index contributed by atoms with van der Waals surface area (Å²) in [7, 11) is 0. The number of benzene rings is 1. The highest BCUT2D eigenvalue weighted by Gasteiger charge is 2.31. The van der Waals surface area contributed by atoms with Crippen molar-refractivity contribution in [3.05, 3.63) is 29.8 Å². The summed E-state index contributed by atoms with van der Waals surface area (Å²) in [6.45, 7) is 6.24. The van der Waals surface area contributed by atoms with Crippen LogP contribution in [-0.4, -0.2) is 53.4 Å². The van der Waals surface area contributed by atoms with E-state index in [0.717, 1.165) is 25.7 Å². The first-order valence-corrected chi connectivity index (χ1v) is 13.3. The predicted molar refractivity (Wildman–Crippen MR) is 143 cm³/mol. The SMILES string of the molecule is CCCC[C@@H](N)C(=O)N[C@@H](Cc1ccc(O)cc1)C(=O)N[C@H](C(=O)NC(=O)CCCCCN)[C@@H](C)CC. The summed E-state index contributed by atoms with van der Waals surface area (Å²) < 4.78 is 0. The number of aromatic hydroxyl groups is 1. The molecule has 1 rings (SSSR count). The lowest BCUT2D eigenvalue weighted by atomic mass is 9.97. The van der Waals surface area contributed by atoms with Crippen molar-refractivity contribution >= 4 is 23.6 Å². The molecule has 0 radical (unpaired) electrons. The molecule has 0 spiro atoms. The van der Waals surface area contributed by atoms with Crippen molar-refractivity contribution in [1.82, 2.24) is 16.0 Å². The second-order valence-corrected chi connectivity index (χ2v) is 9.56. The van der Waals surface area contributed by atoms with Gasteiger partial charge in [0.15, 0.2) is 0 Å². The Morgan fingerprint density at radius 3 is 2.19 bits per heavy atom. The number of rotatable bonds is 17. The Morgan fingerprint density at radius 1 is 0.919 bits per heavy atom. The van der Waals surface area contributed by atoms with Crippen LogP contribution in [0.2, 0.25) is 0 Å². The number of carbonyl (C=O) groups is 4. The molecule has 0 unspecified atom stereocenters. The molecular weight excluding hydrogens is 474 g/mol. The number of phenolic OH excluding ortho intramolecular Hbond substituents is 1. The molecule has 208 valence electrons. The van der Waals surface area contributed by atoms with E-state index in [0.29, 0.717) is 31.4 Å². The Labute approximate surface area is 220 Å². The minimum atomic E-state index is -1.00. The van der Waals surface area contributed by atoms with Gasteiger partial charge in [0.2, 0.25) is 23.6 Å². The highest BCUT2D eigenvalue weighted by molar-refractivity contribution is 6.00. The van der Waals surface area contributed by atoms with Crippen molar-refractivity contribution in [3.8, 4) is 5.75 Å². The van der Waals surface area contributed by atoms with Gasteiger partial charge in [-0.05, 0) is 49.4 Å². The number of nitrogens with two attached hydrogens (primary N) is 2. The van der Waals surface area contributed by atoms with Gasteiger partial charge in [-0.1, -0.05) is 58.6 Å². The molecule has 10 heteroatoms. The zero-order valence-corrected chi connectivity index (χ0v) is 22.4. The Hall–Kier alpha value is -2.98. The smallest absolute Gasteiger partial charge is 0.249 e. The molecule has 4 amide bonds. The fourth-order valence-corrected chi connectivity index (χ4v) is 3.75. The Balaban J connectivity index is 2.99. The molecule has 0 heterocycles. The van der Waals surface area contributed by atoms with Gasteiger partial charge in [-0.25, -0.2) is 0 Å². The highest BCUT2D eigenvalue weighted by Crippen LogP contribution is 2.13. The van der Waals surface area contributed by atoms with Crippen LogP contribution in [0.15, 0.2) is 24.3 Å². The number of amides is 4. The summed E-state index contributed by atoms with van der Waals surface area (Å²) in [5, 5.41) is 17.4. The summed E-state index contributed by atoms with van der Waals surface area (Å²) >= 11 is 0. The van der Waals surface area contributed by atoms with Gasteiger partial charge >= 0.3 is 0 Å². The lowest BCUT2D eigenvalue weighted by Gasteiger charge is -2.27. The number of imide groups is 1. The maximum absolute atomic E-state index is 13.4. The maximum atomic E-state index is 13.4. The van der Waals surface area contributed by atoms with Gasteiger partial charge in [-0.15, -0.1) is 0 Å². The third-order valence-corrected chi connectivity index (χ3v) is 6.38. The van der Waals surface area contributed by atoms with Gasteiger partial charge < -0.3 is 27.2 Å². The highest BCUT2D eigenvalue weighted by atomic mass is 16.3. The van der Waals surface area contributed by atoms with E-state index < -0.39 is 41.8 Å². The van der Waals surface area contributed by atoms with Crippen LogP contribution in [0.3, 0.4) is 0 Å². The fraction of sp³-hybridized carbons (Fsp3) is 0.630. The van der Waals surface area contributed by atoms with Gasteiger partial charge in [0, 0.05) is 12.8 Å². The van der Waals surface area contributed by atoms with E-state index in [1.807, 2.05) is 20.8 Å². The summed E-state index contributed by atoms with van der Waals surface area (Å²) in [5.74, 6) is -2.17. The van der Waals surface area contributed by atoms with Gasteiger partial charge in [0.05, 0.1) is 6.04 Å². The third kappa shape index (κ3) is 12.2. The van der Waals surface area contributed by atoms with Crippen LogP contribution >= 0.6 is 0 Å². The predicted octanol–water partition coefficient (Wildman–Crippen LogP) is 1.63. The van der Waals surface area contributed by atoms with Crippen LogP contribution < -0.4 is 27.4 Å². The zero-order chi connectivity index (χ0) is 27.8. The molecule has 0 fully saturated rings. The summed E-state index contributed by atoms with van der Waals surface area (Å²) in [6.07, 6.45) is 5.29. The number of unbranched alkanes of at least 4 members (excludes halogenated alkanes) is 3. The number of nitrogens with one attached hydrogen (secondary N) is 3. The van der Waals surface area contributed by atoms with E-state index in [-0.39, 0.29) is 24.5 Å². The van der Waals surface area contributed by atoms with Crippen molar-refractivity contribution in [3.63, 3.8) is 0 Å². The van der Waals surface area contributed by atoms with E-state index in [9.17, 15) is 24.3 Å². The minimum absolute atomic E-state index is 0.0802. The average Bonchev–Trinajstić information content (AvgIpc) is 2.88. The third-order valence-electron chi connectivity index (χ3n) is 6.38. The van der Waals surface area contributed by atoms with Crippen molar-refractivity contribution in [2.24, 2.45) is 17.4 Å². The van der Waals surface area contributed by atoms with Crippen LogP contribution in [0.1, 0.15) is 77.7 Å². The fourth-order valence-electron chi connectivity index (χ4n) is 3.75. The van der Waals surface area contributed by atoms with Crippen molar-refractivity contribution in [1.29, 1.82) is 0 Å². The zero-order valence-electron chi connectivity index (χ0n) is 22.4. The Morgan fingerprint density at radius 2 is 1.59 bits per heavy atom. The largest absolute Gasteiger partial charge is 0.508 e. The molecule has 1 aromatic carbocycles. The summed E-state index contributed by atoms with van der Waals surface area (Å²) in [5.41, 5.74) is 12.2. The molecule has 0 aromatic heterocycles. The number of hydrogen-bond donors (Lipinski definition) is 6. The van der Waals surface area contributed by atoms with E-state index >= 15 is 0 Å². The molecule has 0 bridgehead atoms. The summed E-state index contributed by atoms with van der Waals surface area (Å²) in [6, 6.07) is 3.57. The first-order chi connectivity index (χ1) is 17.6. The van der Waals surface area contributed by atoms with Crippen molar-refractivity contribution in [2.75, 3.05) is 6.54 Å². The first kappa shape index (κ1) is 32.0. The number of phenols is 1. The van der Waals surface area contributed by atoms with Crippen LogP contribution in [0.5, 0.6) is 5.75 Å². The molecule has 10 nitrogen and oxygen atoms in total. The Bertz CT molecular complexity index is 861. The number of carbonyl (C=O) groups excluding carboxylic acids is 4. The minimum Gasteiger partial charge on any atom is -0.508 e. The topological polar surface area (TPSA) is 177 Å². The maximum Gasteiger partial charge on any atom is 0.249 e. The van der Waals surface area contributed by atoms with Crippen LogP contribution in [0.25, 0.3) is 0 Å². The van der Waals surface area contributed by atoms with Crippen LogP contribution in [-0.2, 0) is 25.6 Å². The molecule has 37 heavy (non-hydrogen) atoms. The van der Waals surface area contributed by atoms with Crippen molar-refractivity contribution < 1.29 is 24.3 Å². The molecule has 8 N–H and O–H groups in total. The average molecular weight is 520 g/mol. The normalized spacial score (nSPS) is 14.2. The van der Waals surface area contributed by atoms with Gasteiger partial charge in [0.25, 0.3) is 0 Å². The van der Waals surface area contributed by atoms with Crippen LogP contribution in [0, 0.1) is 5.92 Å². The quantitative estimate of drug-likeness (QED) is 0.169. The van der Waals surface area contributed by atoms with Gasteiger partial charge in [-0.3, -0.25) is 24.5 Å². The second kappa shape index (κ2) is 17.5. The molecule has 0 saturated carbocycles. The standard InChI is InChI=1S/C27H45N5O5/c1-4-6-10-21(29)25(35)30-22(17-19-12-14-20(33)15-13-19)26(36)32-24(18(3)5-2)27(37)31-23(34)11-8-7-9-16-28/h12-15,18,21-22,24,33H,4-11,16-17,28-29H2,1-3H3,(H,30,35)(H,32,36)(H,31,34,37)/t18-,21+,22-,24-/m0/s1. The molecule has 4 atom stereocenters.